The molecule has 4 aromatic rings. The van der Waals surface area contributed by atoms with E-state index < -0.39 is 11.8 Å². The predicted molar refractivity (Wildman–Crippen MR) is 112 cm³/mol. The molecule has 0 amide bonds. The highest BCUT2D eigenvalue weighted by atomic mass is 35.5. The second-order valence-corrected chi connectivity index (χ2v) is 7.59. The normalized spacial score (nSPS) is 11.4. The molecule has 0 atom stereocenters. The number of pyridine rings is 1. The van der Waals surface area contributed by atoms with Crippen LogP contribution >= 0.6 is 11.6 Å². The number of aromatic nitrogens is 4. The third-order valence-electron chi connectivity index (χ3n) is 4.53. The Balaban J connectivity index is 1.63. The summed E-state index contributed by atoms with van der Waals surface area (Å²) < 4.78 is 25.6. The molecule has 3 aromatic heterocycles. The van der Waals surface area contributed by atoms with Crippen molar-refractivity contribution in [1.82, 2.24) is 20.1 Å². The molecule has 0 aliphatic rings. The average molecular weight is 445 g/mol. The summed E-state index contributed by atoms with van der Waals surface area (Å²) in [5, 5.41) is 13.6. The van der Waals surface area contributed by atoms with Gasteiger partial charge in [-0.3, -0.25) is 4.79 Å². The van der Waals surface area contributed by atoms with Gasteiger partial charge in [0.05, 0.1) is 17.2 Å². The Hall–Kier alpha value is -3.46. The number of aliphatic carboxylic acids is 1. The van der Waals surface area contributed by atoms with E-state index in [1.165, 1.54) is 12.3 Å². The fourth-order valence-corrected chi connectivity index (χ4v) is 3.33. The maximum absolute atomic E-state index is 14.8. The first kappa shape index (κ1) is 20.8. The van der Waals surface area contributed by atoms with E-state index in [1.54, 1.807) is 18.3 Å². The molecule has 0 bridgehead atoms. The first-order valence-electron chi connectivity index (χ1n) is 9.49. The zero-order chi connectivity index (χ0) is 22.1. The highest BCUT2D eigenvalue weighted by Crippen LogP contribution is 2.31. The van der Waals surface area contributed by atoms with Gasteiger partial charge in [-0.2, -0.15) is 4.98 Å². The Morgan fingerprint density at radius 1 is 1.35 bits per heavy atom. The van der Waals surface area contributed by atoms with E-state index in [0.717, 1.165) is 5.56 Å². The summed E-state index contributed by atoms with van der Waals surface area (Å²) in [6, 6.07) is 4.49. The van der Waals surface area contributed by atoms with Crippen LogP contribution in [0.4, 0.5) is 4.39 Å². The number of nitrogens with one attached hydrogen (secondary N) is 1. The number of carbonyl (C=O) groups is 1. The van der Waals surface area contributed by atoms with Crippen LogP contribution < -0.4 is 4.74 Å². The highest BCUT2D eigenvalue weighted by Gasteiger charge is 2.18. The van der Waals surface area contributed by atoms with Crippen LogP contribution in [0.15, 0.2) is 35.1 Å². The van der Waals surface area contributed by atoms with Crippen LogP contribution in [0.5, 0.6) is 5.88 Å². The monoisotopic (exact) mass is 444 g/mol. The minimum atomic E-state index is -0.913. The molecule has 0 spiro atoms. The van der Waals surface area contributed by atoms with Gasteiger partial charge in [-0.1, -0.05) is 16.8 Å². The third kappa shape index (κ3) is 4.36. The van der Waals surface area contributed by atoms with Crippen molar-refractivity contribution in [2.75, 3.05) is 0 Å². The molecular weight excluding hydrogens is 427 g/mol. The van der Waals surface area contributed by atoms with Gasteiger partial charge >= 0.3 is 5.97 Å². The van der Waals surface area contributed by atoms with Crippen LogP contribution in [0.3, 0.4) is 0 Å². The summed E-state index contributed by atoms with van der Waals surface area (Å²) in [7, 11) is 0. The van der Waals surface area contributed by atoms with Crippen molar-refractivity contribution < 1.29 is 23.6 Å². The smallest absolute Gasteiger partial charge is 0.303 e. The summed E-state index contributed by atoms with van der Waals surface area (Å²) in [6.07, 6.45) is 3.33. The average Bonchev–Trinajstić information content (AvgIpc) is 3.34. The van der Waals surface area contributed by atoms with Crippen LogP contribution in [-0.2, 0) is 11.2 Å². The van der Waals surface area contributed by atoms with Crippen LogP contribution in [-0.4, -0.2) is 37.3 Å². The predicted octanol–water partition coefficient (Wildman–Crippen LogP) is 4.88. The SMILES string of the molecule is CC(C)Oc1ncc(-c2nc(-c3cc4[nH]cc(CCC(=O)O)c4cc3F)no2)cc1Cl. The molecule has 0 unspecified atom stereocenters. The fourth-order valence-electron chi connectivity index (χ4n) is 3.12. The molecule has 4 rings (SSSR count). The topological polar surface area (TPSA) is 114 Å². The third-order valence-corrected chi connectivity index (χ3v) is 4.80. The number of aromatic amines is 1. The zero-order valence-electron chi connectivity index (χ0n) is 16.6. The molecular formula is C21H18ClFN4O4. The van der Waals surface area contributed by atoms with Crippen molar-refractivity contribution in [1.29, 1.82) is 0 Å². The quantitative estimate of drug-likeness (QED) is 0.417. The van der Waals surface area contributed by atoms with Crippen molar-refractivity contribution in [2.24, 2.45) is 0 Å². The lowest BCUT2D eigenvalue weighted by Crippen LogP contribution is -2.07. The van der Waals surface area contributed by atoms with Gasteiger partial charge < -0.3 is 19.4 Å². The number of hydrogen-bond donors (Lipinski definition) is 2. The second kappa shape index (κ2) is 8.35. The van der Waals surface area contributed by atoms with E-state index in [9.17, 15) is 9.18 Å². The maximum atomic E-state index is 14.8. The van der Waals surface area contributed by atoms with Gasteiger partial charge in [-0.25, -0.2) is 9.37 Å². The molecule has 10 heteroatoms. The molecule has 0 fully saturated rings. The van der Waals surface area contributed by atoms with Gasteiger partial charge in [0.1, 0.15) is 10.8 Å². The van der Waals surface area contributed by atoms with E-state index in [0.29, 0.717) is 33.8 Å². The van der Waals surface area contributed by atoms with Gasteiger partial charge in [-0.05, 0) is 44.0 Å². The van der Waals surface area contributed by atoms with Crippen molar-refractivity contribution in [3.63, 3.8) is 0 Å². The first-order chi connectivity index (χ1) is 14.8. The van der Waals surface area contributed by atoms with Crippen molar-refractivity contribution in [3.05, 3.63) is 47.0 Å². The number of halogens is 2. The van der Waals surface area contributed by atoms with E-state index in [1.807, 2.05) is 13.8 Å². The summed E-state index contributed by atoms with van der Waals surface area (Å²) in [6.45, 7) is 3.72. The van der Waals surface area contributed by atoms with Gasteiger partial charge in [-0.15, -0.1) is 0 Å². The molecule has 0 aliphatic heterocycles. The Kier molecular flexibility index (Phi) is 5.60. The van der Waals surface area contributed by atoms with Gasteiger partial charge in [0.15, 0.2) is 0 Å². The largest absolute Gasteiger partial charge is 0.481 e. The first-order valence-corrected chi connectivity index (χ1v) is 9.87. The molecule has 0 aliphatic carbocycles. The number of rotatable bonds is 7. The van der Waals surface area contributed by atoms with E-state index in [-0.39, 0.29) is 29.8 Å². The van der Waals surface area contributed by atoms with Gasteiger partial charge in [0, 0.05) is 29.7 Å². The summed E-state index contributed by atoms with van der Waals surface area (Å²) in [5.41, 5.74) is 1.98. The highest BCUT2D eigenvalue weighted by molar-refractivity contribution is 6.32. The lowest BCUT2D eigenvalue weighted by atomic mass is 10.1. The molecule has 8 nitrogen and oxygen atoms in total. The van der Waals surface area contributed by atoms with E-state index in [4.69, 9.17) is 26.0 Å². The number of carboxylic acids is 1. The molecule has 31 heavy (non-hydrogen) atoms. The zero-order valence-corrected chi connectivity index (χ0v) is 17.4. The summed E-state index contributed by atoms with van der Waals surface area (Å²) in [5.74, 6) is -0.970. The fraction of sp³-hybridized carbons (Fsp3) is 0.238. The Morgan fingerprint density at radius 2 is 2.16 bits per heavy atom. The number of aryl methyl sites for hydroxylation is 1. The number of ether oxygens (including phenoxy) is 1. The molecule has 2 N–H and O–H groups in total. The lowest BCUT2D eigenvalue weighted by molar-refractivity contribution is -0.136. The number of carboxylic acid groups (broad SMARTS) is 1. The Bertz CT molecular complexity index is 1270. The standard InChI is InChI=1S/C21H18ClFN4O4/c1-10(2)30-21-15(22)5-12(9-25-21)20-26-19(27-31-20)14-7-17-13(6-16(14)23)11(8-24-17)3-4-18(28)29/h5-10,24H,3-4H2,1-2H3,(H,28,29). The van der Waals surface area contributed by atoms with Crippen LogP contribution in [0.1, 0.15) is 25.8 Å². The minimum absolute atomic E-state index is 0.0396. The van der Waals surface area contributed by atoms with Crippen molar-refractivity contribution in [2.45, 2.75) is 32.8 Å². The summed E-state index contributed by atoms with van der Waals surface area (Å²) in [4.78, 5) is 22.3. The minimum Gasteiger partial charge on any atom is -0.481 e. The van der Waals surface area contributed by atoms with E-state index in [2.05, 4.69) is 20.1 Å². The number of H-pyrrole nitrogens is 1. The van der Waals surface area contributed by atoms with E-state index >= 15 is 0 Å². The van der Waals surface area contributed by atoms with Crippen LogP contribution in [0.2, 0.25) is 5.02 Å². The molecule has 0 saturated carbocycles. The van der Waals surface area contributed by atoms with Crippen molar-refractivity contribution in [3.8, 4) is 28.7 Å². The maximum Gasteiger partial charge on any atom is 0.303 e. The summed E-state index contributed by atoms with van der Waals surface area (Å²) >= 11 is 6.21. The number of fused-ring (bicyclic) bond motifs is 1. The number of benzene rings is 1. The molecule has 0 saturated heterocycles. The molecule has 3 heterocycles. The van der Waals surface area contributed by atoms with Crippen LogP contribution in [0, 0.1) is 5.82 Å². The lowest BCUT2D eigenvalue weighted by Gasteiger charge is -2.09. The molecule has 1 aromatic carbocycles. The number of nitrogens with zero attached hydrogens (tertiary/aromatic N) is 3. The molecule has 160 valence electrons. The second-order valence-electron chi connectivity index (χ2n) is 7.19. The Labute approximate surface area is 181 Å². The Morgan fingerprint density at radius 3 is 2.87 bits per heavy atom. The van der Waals surface area contributed by atoms with Crippen LogP contribution in [0.25, 0.3) is 33.7 Å². The number of hydrogen-bond acceptors (Lipinski definition) is 6. The van der Waals surface area contributed by atoms with Gasteiger partial charge in [0.25, 0.3) is 5.89 Å². The van der Waals surface area contributed by atoms with Gasteiger partial charge in [0.2, 0.25) is 11.7 Å². The van der Waals surface area contributed by atoms with Crippen molar-refractivity contribution >= 4 is 28.5 Å². The molecule has 0 radical (unpaired) electrons.